The first kappa shape index (κ1) is 25.5. The number of nitrogens with two attached hydrogens (primary N) is 1. The molecule has 0 aliphatic carbocycles. The van der Waals surface area contributed by atoms with Crippen LogP contribution in [0, 0.1) is 0 Å². The molecule has 0 spiro atoms. The molecule has 34 heavy (non-hydrogen) atoms. The minimum absolute atomic E-state index is 0.0447. The molecule has 0 aliphatic heterocycles. The highest BCUT2D eigenvalue weighted by atomic mass is 35.5. The fourth-order valence-electron chi connectivity index (χ4n) is 3.22. The zero-order chi connectivity index (χ0) is 24.9. The van der Waals surface area contributed by atoms with Gasteiger partial charge in [-0.05, 0) is 13.0 Å². The number of halogens is 1. The van der Waals surface area contributed by atoms with E-state index in [0.29, 0.717) is 16.6 Å². The normalized spacial score (nSPS) is 13.4. The molecule has 1 amide bonds. The molecule has 0 unspecified atom stereocenters. The lowest BCUT2D eigenvalue weighted by molar-refractivity contribution is -0.118. The molecule has 12 nitrogen and oxygen atoms in total. The summed E-state index contributed by atoms with van der Waals surface area (Å²) in [5.41, 5.74) is 5.72. The lowest BCUT2D eigenvalue weighted by Crippen LogP contribution is -2.30. The topological polar surface area (TPSA) is 165 Å². The number of aromatic nitrogens is 6. The van der Waals surface area contributed by atoms with Crippen molar-refractivity contribution in [2.75, 3.05) is 14.2 Å². The van der Waals surface area contributed by atoms with Crippen LogP contribution in [0.25, 0.3) is 11.5 Å². The first-order valence-corrected chi connectivity index (χ1v) is 12.2. The molecule has 3 heterocycles. The number of hydrogen-bond acceptors (Lipinski definition) is 10. The van der Waals surface area contributed by atoms with Crippen molar-refractivity contribution in [3.8, 4) is 17.4 Å². The average Bonchev–Trinajstić information content (AvgIpc) is 3.20. The maximum atomic E-state index is 13.3. The number of nitrogens with zero attached hydrogens (tertiary/aromatic N) is 6. The van der Waals surface area contributed by atoms with Gasteiger partial charge in [0, 0.05) is 38.5 Å². The third kappa shape index (κ3) is 5.85. The van der Waals surface area contributed by atoms with E-state index in [9.17, 15) is 13.2 Å². The number of pyridine rings is 1. The summed E-state index contributed by atoms with van der Waals surface area (Å²) in [5, 5.41) is 7.48. The molecule has 0 radical (unpaired) electrons. The Morgan fingerprint density at radius 1 is 1.21 bits per heavy atom. The van der Waals surface area contributed by atoms with E-state index in [4.69, 9.17) is 26.8 Å². The highest BCUT2D eigenvalue weighted by Crippen LogP contribution is 2.27. The van der Waals surface area contributed by atoms with Gasteiger partial charge in [-0.25, -0.2) is 23.4 Å². The van der Waals surface area contributed by atoms with Gasteiger partial charge in [0.1, 0.15) is 23.4 Å². The van der Waals surface area contributed by atoms with E-state index in [1.165, 1.54) is 38.1 Å². The fourth-order valence-corrected chi connectivity index (χ4v) is 4.76. The number of amides is 1. The summed E-state index contributed by atoms with van der Waals surface area (Å²) in [7, 11) is -1.00. The first-order chi connectivity index (χ1) is 16.2. The van der Waals surface area contributed by atoms with Crippen molar-refractivity contribution in [3.63, 3.8) is 0 Å². The molecule has 2 N–H and O–H groups in total. The van der Waals surface area contributed by atoms with Crippen molar-refractivity contribution >= 4 is 27.3 Å². The first-order valence-electron chi connectivity index (χ1n) is 10.1. The van der Waals surface area contributed by atoms with E-state index < -0.39 is 32.9 Å². The number of methoxy groups -OCH3 is 2. The number of hydrogen-bond donors (Lipinski definition) is 1. The van der Waals surface area contributed by atoms with Crippen LogP contribution in [0.2, 0.25) is 5.02 Å². The Bertz CT molecular complexity index is 1250. The molecule has 0 aliphatic rings. The summed E-state index contributed by atoms with van der Waals surface area (Å²) in [6.07, 6.45) is 1.74. The molecule has 0 fully saturated rings. The van der Waals surface area contributed by atoms with E-state index in [2.05, 4.69) is 25.1 Å². The Morgan fingerprint density at radius 3 is 2.53 bits per heavy atom. The van der Waals surface area contributed by atoms with Crippen molar-refractivity contribution in [2.24, 2.45) is 5.73 Å². The molecule has 0 saturated carbocycles. The van der Waals surface area contributed by atoms with Gasteiger partial charge in [-0.15, -0.1) is 10.2 Å². The largest absolute Gasteiger partial charge is 0.481 e. The standard InChI is InChI=1S/C20H24ClN7O5S/c1-12(18(33-3)19-23-9-13(21)10-24-19)34(30,31)11-16-26-27-20(28(16)8-7-15(22)29)14-5-4-6-17(25-14)32-2/h4-6,9-10,12,18H,7-8,11H2,1-3H3,(H2,22,29)/t12-,18-/m0/s1. The third-order valence-corrected chi connectivity index (χ3v) is 7.28. The molecule has 0 bridgehead atoms. The summed E-state index contributed by atoms with van der Waals surface area (Å²) in [6, 6.07) is 5.04. The van der Waals surface area contributed by atoms with E-state index in [0.717, 1.165) is 0 Å². The van der Waals surface area contributed by atoms with Crippen LogP contribution in [0.15, 0.2) is 30.6 Å². The number of rotatable bonds is 11. The second kappa shape index (κ2) is 10.8. The maximum absolute atomic E-state index is 13.3. The Morgan fingerprint density at radius 2 is 1.91 bits per heavy atom. The van der Waals surface area contributed by atoms with Crippen LogP contribution in [-0.4, -0.2) is 63.5 Å². The summed E-state index contributed by atoms with van der Waals surface area (Å²) in [4.78, 5) is 23.9. The van der Waals surface area contributed by atoms with E-state index >= 15 is 0 Å². The van der Waals surface area contributed by atoms with Crippen molar-refractivity contribution in [1.29, 1.82) is 0 Å². The van der Waals surface area contributed by atoms with Crippen molar-refractivity contribution in [2.45, 2.75) is 37.0 Å². The Labute approximate surface area is 201 Å². The molecule has 2 atom stereocenters. The van der Waals surface area contributed by atoms with Crippen molar-refractivity contribution < 1.29 is 22.7 Å². The summed E-state index contributed by atoms with van der Waals surface area (Å²) >= 11 is 5.83. The monoisotopic (exact) mass is 509 g/mol. The van der Waals surface area contributed by atoms with Crippen LogP contribution in [0.4, 0.5) is 0 Å². The Hall–Kier alpha value is -3.16. The Kier molecular flexibility index (Phi) is 8.12. The number of carbonyl (C=O) groups is 1. The molecule has 0 aromatic carbocycles. The van der Waals surface area contributed by atoms with E-state index in [1.807, 2.05) is 0 Å². The predicted octanol–water partition coefficient (Wildman–Crippen LogP) is 1.36. The van der Waals surface area contributed by atoms with Gasteiger partial charge in [-0.3, -0.25) is 4.79 Å². The predicted molar refractivity (Wildman–Crippen MR) is 122 cm³/mol. The van der Waals surface area contributed by atoms with Crippen LogP contribution in [0.5, 0.6) is 5.88 Å². The average molecular weight is 510 g/mol. The van der Waals surface area contributed by atoms with Gasteiger partial charge in [-0.1, -0.05) is 17.7 Å². The SMILES string of the molecule is COc1cccc(-c2nnc(CS(=O)(=O)[C@@H](C)[C@H](OC)c3ncc(Cl)cn3)n2CCC(N)=O)n1. The summed E-state index contributed by atoms with van der Waals surface area (Å²) in [5.74, 6) is -0.103. The van der Waals surface area contributed by atoms with Gasteiger partial charge in [0.15, 0.2) is 21.5 Å². The fraction of sp³-hybridized carbons (Fsp3) is 0.400. The molecule has 182 valence electrons. The van der Waals surface area contributed by atoms with Gasteiger partial charge in [0.2, 0.25) is 11.8 Å². The van der Waals surface area contributed by atoms with Crippen molar-refractivity contribution in [1.82, 2.24) is 29.7 Å². The molecule has 3 aromatic heterocycles. The lowest BCUT2D eigenvalue weighted by atomic mass is 10.2. The van der Waals surface area contributed by atoms with Crippen LogP contribution in [0.3, 0.4) is 0 Å². The zero-order valence-corrected chi connectivity index (χ0v) is 20.3. The van der Waals surface area contributed by atoms with Crippen molar-refractivity contribution in [3.05, 3.63) is 47.3 Å². The molecule has 14 heteroatoms. The Balaban J connectivity index is 1.95. The smallest absolute Gasteiger partial charge is 0.219 e. The van der Waals surface area contributed by atoms with Gasteiger partial charge in [-0.2, -0.15) is 0 Å². The molecule has 3 aromatic rings. The number of ether oxygens (including phenoxy) is 2. The minimum Gasteiger partial charge on any atom is -0.481 e. The van der Waals surface area contributed by atoms with Crippen LogP contribution in [-0.2, 0) is 31.7 Å². The van der Waals surface area contributed by atoms with Crippen LogP contribution < -0.4 is 10.5 Å². The number of sulfone groups is 1. The second-order valence-corrected chi connectivity index (χ2v) is 10.1. The van der Waals surface area contributed by atoms with Crippen LogP contribution in [0.1, 0.15) is 31.1 Å². The number of primary amides is 1. The third-order valence-electron chi connectivity index (χ3n) is 5.04. The molecule has 3 rings (SSSR count). The lowest BCUT2D eigenvalue weighted by Gasteiger charge is -2.21. The van der Waals surface area contributed by atoms with E-state index in [-0.39, 0.29) is 30.4 Å². The van der Waals surface area contributed by atoms with Gasteiger partial charge >= 0.3 is 0 Å². The minimum atomic E-state index is -3.85. The summed E-state index contributed by atoms with van der Waals surface area (Å²) in [6.45, 7) is 1.57. The zero-order valence-electron chi connectivity index (χ0n) is 18.8. The van der Waals surface area contributed by atoms with Gasteiger partial charge in [0.25, 0.3) is 0 Å². The highest BCUT2D eigenvalue weighted by Gasteiger charge is 2.34. The second-order valence-electron chi connectivity index (χ2n) is 7.30. The van der Waals surface area contributed by atoms with Gasteiger partial charge in [0.05, 0.1) is 17.4 Å². The van der Waals surface area contributed by atoms with Gasteiger partial charge < -0.3 is 19.8 Å². The molecular weight excluding hydrogens is 486 g/mol. The summed E-state index contributed by atoms with van der Waals surface area (Å²) < 4.78 is 38.7. The highest BCUT2D eigenvalue weighted by molar-refractivity contribution is 7.91. The van der Waals surface area contributed by atoms with E-state index in [1.54, 1.807) is 18.2 Å². The quantitative estimate of drug-likeness (QED) is 0.398. The molecular formula is C20H24ClN7O5S. The van der Waals surface area contributed by atoms with Crippen LogP contribution >= 0.6 is 11.6 Å². The maximum Gasteiger partial charge on any atom is 0.219 e. The number of carbonyl (C=O) groups excluding carboxylic acids is 1. The molecule has 0 saturated heterocycles.